The molecule has 0 heterocycles. The Morgan fingerprint density at radius 1 is 1.16 bits per heavy atom. The van der Waals surface area contributed by atoms with E-state index in [1.165, 1.54) is 12.1 Å². The molecule has 96 valence electrons. The lowest BCUT2D eigenvalue weighted by Crippen LogP contribution is -1.99. The van der Waals surface area contributed by atoms with Gasteiger partial charge in [0.25, 0.3) is 10.9 Å². The fourth-order valence-corrected chi connectivity index (χ4v) is 1.78. The number of nitro benzene ring substituents is 1. The van der Waals surface area contributed by atoms with Crippen LogP contribution in [-0.2, 0) is 0 Å². The molecule has 0 unspecified atom stereocenters. The van der Waals surface area contributed by atoms with E-state index in [1.54, 1.807) is 36.4 Å². The molecule has 0 spiro atoms. The number of non-ortho nitro benzene ring substituents is 1. The lowest BCUT2D eigenvalue weighted by molar-refractivity contribution is -0.384. The Labute approximate surface area is 114 Å². The highest BCUT2D eigenvalue weighted by molar-refractivity contribution is 6.68. The van der Waals surface area contributed by atoms with Crippen molar-refractivity contribution >= 4 is 33.9 Å². The van der Waals surface area contributed by atoms with E-state index >= 15 is 0 Å². The van der Waals surface area contributed by atoms with E-state index in [0.29, 0.717) is 16.9 Å². The minimum atomic E-state index is -0.589. The Balaban J connectivity index is 2.34. The summed E-state index contributed by atoms with van der Waals surface area (Å²) in [6.07, 6.45) is 0. The average molecular weight is 277 g/mol. The van der Waals surface area contributed by atoms with Crippen molar-refractivity contribution in [3.05, 3.63) is 64.2 Å². The van der Waals surface area contributed by atoms with E-state index in [9.17, 15) is 14.9 Å². The minimum absolute atomic E-state index is 0.0281. The molecule has 0 fully saturated rings. The Morgan fingerprint density at radius 2 is 1.89 bits per heavy atom. The molecule has 0 bridgehead atoms. The van der Waals surface area contributed by atoms with Gasteiger partial charge in [-0.15, -0.1) is 0 Å². The molecule has 2 aromatic carbocycles. The number of carbonyl (C=O) groups excluding carboxylic acids is 1. The molecule has 0 amide bonds. The molecule has 19 heavy (non-hydrogen) atoms. The summed E-state index contributed by atoms with van der Waals surface area (Å²) < 4.78 is 0. The molecule has 0 atom stereocenters. The number of halogens is 1. The van der Waals surface area contributed by atoms with Gasteiger partial charge in [-0.05, 0) is 29.8 Å². The van der Waals surface area contributed by atoms with Crippen LogP contribution >= 0.6 is 11.6 Å². The quantitative estimate of drug-likeness (QED) is 0.525. The second kappa shape index (κ2) is 5.49. The van der Waals surface area contributed by atoms with Crippen LogP contribution in [0, 0.1) is 10.1 Å². The third kappa shape index (κ3) is 3.08. The first-order valence-electron chi connectivity index (χ1n) is 5.38. The van der Waals surface area contributed by atoms with Crippen LogP contribution in [-0.4, -0.2) is 10.2 Å². The molecule has 0 radical (unpaired) electrons. The molecular formula is C13H9ClN2O3. The average Bonchev–Trinajstić information content (AvgIpc) is 2.39. The summed E-state index contributed by atoms with van der Waals surface area (Å²) >= 11 is 5.47. The highest BCUT2D eigenvalue weighted by Gasteiger charge is 2.10. The van der Waals surface area contributed by atoms with Crippen molar-refractivity contribution in [2.24, 2.45) is 0 Å². The van der Waals surface area contributed by atoms with E-state index in [-0.39, 0.29) is 5.69 Å². The van der Waals surface area contributed by atoms with Crippen LogP contribution < -0.4 is 5.32 Å². The summed E-state index contributed by atoms with van der Waals surface area (Å²) in [5.74, 6) is 0. The van der Waals surface area contributed by atoms with Gasteiger partial charge in [-0.1, -0.05) is 18.2 Å². The van der Waals surface area contributed by atoms with Gasteiger partial charge in [-0.3, -0.25) is 14.9 Å². The molecule has 0 aliphatic heterocycles. The molecule has 2 aromatic rings. The normalized spacial score (nSPS) is 9.95. The monoisotopic (exact) mass is 276 g/mol. The van der Waals surface area contributed by atoms with Crippen molar-refractivity contribution in [3.63, 3.8) is 0 Å². The second-order valence-electron chi connectivity index (χ2n) is 3.75. The first kappa shape index (κ1) is 13.0. The summed E-state index contributed by atoms with van der Waals surface area (Å²) in [5, 5.41) is 13.0. The van der Waals surface area contributed by atoms with Crippen molar-refractivity contribution in [2.75, 3.05) is 5.32 Å². The zero-order valence-corrected chi connectivity index (χ0v) is 10.4. The van der Waals surface area contributed by atoms with Gasteiger partial charge in [0.1, 0.15) is 0 Å². The number of anilines is 2. The van der Waals surface area contributed by atoms with Gasteiger partial charge in [0.15, 0.2) is 0 Å². The maximum Gasteiger partial charge on any atom is 0.271 e. The van der Waals surface area contributed by atoms with Gasteiger partial charge in [0.05, 0.1) is 16.2 Å². The van der Waals surface area contributed by atoms with E-state index in [2.05, 4.69) is 5.32 Å². The largest absolute Gasteiger partial charge is 0.355 e. The standard InChI is InChI=1S/C13H9ClN2O3/c14-13(17)11-6-1-2-7-12(11)15-9-4-3-5-10(8-9)16(18)19/h1-8,15H. The summed E-state index contributed by atoms with van der Waals surface area (Å²) in [4.78, 5) is 21.4. The third-order valence-electron chi connectivity index (χ3n) is 2.47. The van der Waals surface area contributed by atoms with E-state index in [4.69, 9.17) is 11.6 Å². The van der Waals surface area contributed by atoms with Crippen LogP contribution in [0.3, 0.4) is 0 Å². The van der Waals surface area contributed by atoms with Crippen LogP contribution in [0.2, 0.25) is 0 Å². The van der Waals surface area contributed by atoms with Gasteiger partial charge in [-0.2, -0.15) is 0 Å². The van der Waals surface area contributed by atoms with Crippen LogP contribution in [0.5, 0.6) is 0 Å². The SMILES string of the molecule is O=C(Cl)c1ccccc1Nc1cccc([N+](=O)[O-])c1. The zero-order chi connectivity index (χ0) is 13.8. The first-order chi connectivity index (χ1) is 9.08. The molecule has 0 aromatic heterocycles. The van der Waals surface area contributed by atoms with Gasteiger partial charge in [0, 0.05) is 17.8 Å². The van der Waals surface area contributed by atoms with Crippen LogP contribution in [0.4, 0.5) is 17.1 Å². The third-order valence-corrected chi connectivity index (χ3v) is 2.68. The first-order valence-corrected chi connectivity index (χ1v) is 5.76. The number of benzene rings is 2. The number of para-hydroxylation sites is 1. The fraction of sp³-hybridized carbons (Fsp3) is 0. The van der Waals surface area contributed by atoms with Crippen molar-refractivity contribution in [1.82, 2.24) is 0 Å². The number of nitrogens with zero attached hydrogens (tertiary/aromatic N) is 1. The minimum Gasteiger partial charge on any atom is -0.355 e. The molecule has 0 saturated heterocycles. The van der Waals surface area contributed by atoms with Gasteiger partial charge in [0.2, 0.25) is 0 Å². The number of hydrogen-bond acceptors (Lipinski definition) is 4. The number of rotatable bonds is 4. The summed E-state index contributed by atoms with van der Waals surface area (Å²) in [5.41, 5.74) is 1.30. The number of carbonyl (C=O) groups is 1. The molecule has 5 nitrogen and oxygen atoms in total. The zero-order valence-electron chi connectivity index (χ0n) is 9.67. The van der Waals surface area contributed by atoms with E-state index < -0.39 is 10.2 Å². The van der Waals surface area contributed by atoms with E-state index in [1.807, 2.05) is 0 Å². The lowest BCUT2D eigenvalue weighted by Gasteiger charge is -2.09. The Bertz CT molecular complexity index is 643. The highest BCUT2D eigenvalue weighted by atomic mass is 35.5. The maximum atomic E-state index is 11.2. The Morgan fingerprint density at radius 3 is 2.58 bits per heavy atom. The lowest BCUT2D eigenvalue weighted by atomic mass is 10.2. The molecule has 6 heteroatoms. The molecule has 2 rings (SSSR count). The summed E-state index contributed by atoms with van der Waals surface area (Å²) in [7, 11) is 0. The Kier molecular flexibility index (Phi) is 3.77. The van der Waals surface area contributed by atoms with Crippen LogP contribution in [0.15, 0.2) is 48.5 Å². The molecule has 0 saturated carbocycles. The number of nitrogens with one attached hydrogen (secondary N) is 1. The second-order valence-corrected chi connectivity index (χ2v) is 4.10. The summed E-state index contributed by atoms with van der Waals surface area (Å²) in [6, 6.07) is 12.7. The predicted octanol–water partition coefficient (Wildman–Crippen LogP) is 3.72. The maximum absolute atomic E-state index is 11.2. The van der Waals surface area contributed by atoms with Crippen LogP contribution in [0.1, 0.15) is 10.4 Å². The molecule has 1 N–H and O–H groups in total. The van der Waals surface area contributed by atoms with Gasteiger partial charge in [-0.25, -0.2) is 0 Å². The predicted molar refractivity (Wildman–Crippen MR) is 73.0 cm³/mol. The number of hydrogen-bond donors (Lipinski definition) is 1. The number of nitro groups is 1. The molecule has 0 aliphatic rings. The van der Waals surface area contributed by atoms with Crippen molar-refractivity contribution in [2.45, 2.75) is 0 Å². The molecule has 0 aliphatic carbocycles. The van der Waals surface area contributed by atoms with Crippen molar-refractivity contribution in [3.8, 4) is 0 Å². The van der Waals surface area contributed by atoms with E-state index in [0.717, 1.165) is 0 Å². The smallest absolute Gasteiger partial charge is 0.271 e. The van der Waals surface area contributed by atoms with Crippen LogP contribution in [0.25, 0.3) is 0 Å². The van der Waals surface area contributed by atoms with Crippen molar-refractivity contribution < 1.29 is 9.72 Å². The van der Waals surface area contributed by atoms with Crippen molar-refractivity contribution in [1.29, 1.82) is 0 Å². The fourth-order valence-electron chi connectivity index (χ4n) is 1.62. The topological polar surface area (TPSA) is 72.2 Å². The summed E-state index contributed by atoms with van der Waals surface area (Å²) in [6.45, 7) is 0. The molecular weight excluding hydrogens is 268 g/mol. The van der Waals surface area contributed by atoms with Gasteiger partial charge < -0.3 is 5.32 Å². The highest BCUT2D eigenvalue weighted by Crippen LogP contribution is 2.24. The Hall–Kier alpha value is -2.40. The van der Waals surface area contributed by atoms with Gasteiger partial charge >= 0.3 is 0 Å².